The zero-order valence-electron chi connectivity index (χ0n) is 14.4. The molecule has 2 rings (SSSR count). The van der Waals surface area contributed by atoms with Gasteiger partial charge in [-0.1, -0.05) is 15.9 Å². The molecule has 0 atom stereocenters. The summed E-state index contributed by atoms with van der Waals surface area (Å²) in [7, 11) is 0. The molecular formula is C18H17BrN2O6. The number of ether oxygens (including phenoxy) is 2. The molecule has 27 heavy (non-hydrogen) atoms. The summed E-state index contributed by atoms with van der Waals surface area (Å²) in [4.78, 5) is 33.9. The van der Waals surface area contributed by atoms with Crippen LogP contribution in [0.5, 0.6) is 5.75 Å². The highest BCUT2D eigenvalue weighted by atomic mass is 79.9. The van der Waals surface area contributed by atoms with Gasteiger partial charge in [-0.15, -0.1) is 0 Å². The number of halogens is 1. The summed E-state index contributed by atoms with van der Waals surface area (Å²) in [5.41, 5.74) is 0.515. The van der Waals surface area contributed by atoms with E-state index in [0.29, 0.717) is 11.3 Å². The van der Waals surface area contributed by atoms with Gasteiger partial charge in [0.25, 0.3) is 11.6 Å². The molecular weight excluding hydrogens is 420 g/mol. The molecule has 1 N–H and O–H groups in total. The van der Waals surface area contributed by atoms with Crippen molar-refractivity contribution in [3.8, 4) is 5.75 Å². The van der Waals surface area contributed by atoms with E-state index in [2.05, 4.69) is 21.2 Å². The van der Waals surface area contributed by atoms with E-state index >= 15 is 0 Å². The number of hydrogen-bond donors (Lipinski definition) is 1. The van der Waals surface area contributed by atoms with Crippen LogP contribution in [0.15, 0.2) is 46.9 Å². The van der Waals surface area contributed by atoms with E-state index in [9.17, 15) is 19.7 Å². The number of esters is 1. The molecule has 0 aliphatic rings. The molecule has 0 heterocycles. The van der Waals surface area contributed by atoms with Crippen LogP contribution in [0.4, 0.5) is 5.69 Å². The first kappa shape index (κ1) is 20.4. The van der Waals surface area contributed by atoms with E-state index in [1.54, 1.807) is 12.1 Å². The number of carbonyl (C=O) groups excluding carboxylic acids is 2. The second kappa shape index (κ2) is 9.67. The lowest BCUT2D eigenvalue weighted by Gasteiger charge is -2.08. The lowest BCUT2D eigenvalue weighted by molar-refractivity contribution is -0.385. The number of benzene rings is 2. The van der Waals surface area contributed by atoms with E-state index in [4.69, 9.17) is 9.47 Å². The van der Waals surface area contributed by atoms with Crippen LogP contribution in [0.3, 0.4) is 0 Å². The van der Waals surface area contributed by atoms with Gasteiger partial charge in [0, 0.05) is 21.7 Å². The molecule has 0 aliphatic carbocycles. The quantitative estimate of drug-likeness (QED) is 0.295. The summed E-state index contributed by atoms with van der Waals surface area (Å²) in [6.07, 6.45) is 0. The lowest BCUT2D eigenvalue weighted by Crippen LogP contribution is -2.31. The summed E-state index contributed by atoms with van der Waals surface area (Å²) >= 11 is 3.32. The molecule has 0 unspecified atom stereocenters. The molecule has 0 aromatic heterocycles. The number of carbonyl (C=O) groups is 2. The maximum atomic E-state index is 12.0. The number of nitro groups is 1. The van der Waals surface area contributed by atoms with Gasteiger partial charge in [0.1, 0.15) is 25.5 Å². The third kappa shape index (κ3) is 6.37. The van der Waals surface area contributed by atoms with Gasteiger partial charge >= 0.3 is 5.97 Å². The number of amides is 1. The van der Waals surface area contributed by atoms with E-state index < -0.39 is 16.8 Å². The van der Waals surface area contributed by atoms with E-state index in [1.807, 2.05) is 12.1 Å². The van der Waals surface area contributed by atoms with E-state index in [1.165, 1.54) is 25.1 Å². The third-order valence-corrected chi connectivity index (χ3v) is 4.01. The van der Waals surface area contributed by atoms with Crippen molar-refractivity contribution in [1.29, 1.82) is 0 Å². The molecule has 0 saturated heterocycles. The Hall–Kier alpha value is -2.94. The normalized spacial score (nSPS) is 10.1. The van der Waals surface area contributed by atoms with Crippen molar-refractivity contribution in [2.24, 2.45) is 0 Å². The van der Waals surface area contributed by atoms with Gasteiger partial charge in [-0.05, 0) is 43.3 Å². The van der Waals surface area contributed by atoms with E-state index in [0.717, 1.165) is 4.47 Å². The Bertz CT molecular complexity index is 838. The number of hydrogen-bond acceptors (Lipinski definition) is 6. The van der Waals surface area contributed by atoms with Gasteiger partial charge in [-0.3, -0.25) is 19.7 Å². The minimum absolute atomic E-state index is 0.0431. The molecule has 0 radical (unpaired) electrons. The first-order valence-corrected chi connectivity index (χ1v) is 8.73. The molecule has 9 heteroatoms. The second-order valence-electron chi connectivity index (χ2n) is 5.46. The Kier molecular flexibility index (Phi) is 7.30. The summed E-state index contributed by atoms with van der Waals surface area (Å²) < 4.78 is 11.3. The fraction of sp³-hybridized carbons (Fsp3) is 0.222. The molecule has 0 bridgehead atoms. The first-order chi connectivity index (χ1) is 12.9. The fourth-order valence-corrected chi connectivity index (χ4v) is 2.42. The van der Waals surface area contributed by atoms with Gasteiger partial charge in [0.2, 0.25) is 0 Å². The van der Waals surface area contributed by atoms with Crippen molar-refractivity contribution in [2.75, 3.05) is 19.8 Å². The van der Waals surface area contributed by atoms with Crippen LogP contribution in [0.1, 0.15) is 15.9 Å². The zero-order chi connectivity index (χ0) is 19.8. The number of aryl methyl sites for hydroxylation is 1. The highest BCUT2D eigenvalue weighted by Crippen LogP contribution is 2.18. The van der Waals surface area contributed by atoms with Crippen molar-refractivity contribution < 1.29 is 24.0 Å². The molecule has 2 aromatic rings. The van der Waals surface area contributed by atoms with Gasteiger partial charge in [0.15, 0.2) is 0 Å². The SMILES string of the molecule is Cc1cc(C(=O)NCC(=O)OCCOc2ccc(Br)cc2)ccc1[N+](=O)[O-]. The van der Waals surface area contributed by atoms with Gasteiger partial charge < -0.3 is 14.8 Å². The van der Waals surface area contributed by atoms with Crippen molar-refractivity contribution in [1.82, 2.24) is 5.32 Å². The van der Waals surface area contributed by atoms with Crippen molar-refractivity contribution in [3.05, 3.63) is 68.2 Å². The van der Waals surface area contributed by atoms with Crippen LogP contribution < -0.4 is 10.1 Å². The van der Waals surface area contributed by atoms with Crippen LogP contribution in [-0.2, 0) is 9.53 Å². The first-order valence-electron chi connectivity index (χ1n) is 7.94. The highest BCUT2D eigenvalue weighted by molar-refractivity contribution is 9.10. The predicted octanol–water partition coefficient (Wildman–Crippen LogP) is 3.02. The molecule has 8 nitrogen and oxygen atoms in total. The minimum Gasteiger partial charge on any atom is -0.490 e. The molecule has 0 fully saturated rings. The minimum atomic E-state index is -0.610. The smallest absolute Gasteiger partial charge is 0.325 e. The van der Waals surface area contributed by atoms with Crippen LogP contribution in [0.2, 0.25) is 0 Å². The maximum Gasteiger partial charge on any atom is 0.325 e. The summed E-state index contributed by atoms with van der Waals surface area (Å²) in [5.74, 6) is -0.478. The van der Waals surface area contributed by atoms with Crippen molar-refractivity contribution >= 4 is 33.5 Å². The van der Waals surface area contributed by atoms with Crippen LogP contribution in [-0.4, -0.2) is 36.6 Å². The summed E-state index contributed by atoms with van der Waals surface area (Å²) in [5, 5.41) is 13.2. The monoisotopic (exact) mass is 436 g/mol. The van der Waals surface area contributed by atoms with E-state index in [-0.39, 0.29) is 31.0 Å². The number of nitrogens with zero attached hydrogens (tertiary/aromatic N) is 1. The van der Waals surface area contributed by atoms with Gasteiger partial charge in [-0.25, -0.2) is 0 Å². The summed E-state index contributed by atoms with van der Waals surface area (Å²) in [6.45, 7) is 1.45. The number of rotatable bonds is 8. The molecule has 1 amide bonds. The zero-order valence-corrected chi connectivity index (χ0v) is 16.0. The lowest BCUT2D eigenvalue weighted by atomic mass is 10.1. The molecule has 0 saturated carbocycles. The Balaban J connectivity index is 1.71. The van der Waals surface area contributed by atoms with Crippen LogP contribution >= 0.6 is 15.9 Å². The Morgan fingerprint density at radius 1 is 1.15 bits per heavy atom. The molecule has 0 aliphatic heterocycles. The predicted molar refractivity (Wildman–Crippen MR) is 101 cm³/mol. The Morgan fingerprint density at radius 2 is 1.85 bits per heavy atom. The number of nitrogens with one attached hydrogen (secondary N) is 1. The average Bonchev–Trinajstić information content (AvgIpc) is 2.64. The largest absolute Gasteiger partial charge is 0.490 e. The average molecular weight is 437 g/mol. The van der Waals surface area contributed by atoms with Gasteiger partial charge in [-0.2, -0.15) is 0 Å². The topological polar surface area (TPSA) is 108 Å². The second-order valence-corrected chi connectivity index (χ2v) is 6.38. The summed E-state index contributed by atoms with van der Waals surface area (Å²) in [6, 6.07) is 11.2. The Morgan fingerprint density at radius 3 is 2.48 bits per heavy atom. The standard InChI is InChI=1S/C18H17BrN2O6/c1-12-10-13(2-7-16(12)21(24)25)18(23)20-11-17(22)27-9-8-26-15-5-3-14(19)4-6-15/h2-7,10H,8-9,11H2,1H3,(H,20,23). The van der Waals surface area contributed by atoms with Crippen LogP contribution in [0, 0.1) is 17.0 Å². The fourth-order valence-electron chi connectivity index (χ4n) is 2.15. The number of nitro benzene ring substituents is 1. The maximum absolute atomic E-state index is 12.0. The highest BCUT2D eigenvalue weighted by Gasteiger charge is 2.14. The third-order valence-electron chi connectivity index (χ3n) is 3.48. The molecule has 142 valence electrons. The molecule has 2 aromatic carbocycles. The van der Waals surface area contributed by atoms with Crippen molar-refractivity contribution in [3.63, 3.8) is 0 Å². The molecule has 0 spiro atoms. The van der Waals surface area contributed by atoms with Crippen LogP contribution in [0.25, 0.3) is 0 Å². The van der Waals surface area contributed by atoms with Gasteiger partial charge in [0.05, 0.1) is 4.92 Å². The Labute approximate surface area is 163 Å². The van der Waals surface area contributed by atoms with Crippen molar-refractivity contribution in [2.45, 2.75) is 6.92 Å².